The number of hydrogen-bond donors (Lipinski definition) is 1. The molecule has 0 rings (SSSR count). The van der Waals surface area contributed by atoms with Gasteiger partial charge in [0.1, 0.15) is 0 Å². The molecular weight excluding hydrogens is 232 g/mol. The first-order chi connectivity index (χ1) is 9.31. The van der Waals surface area contributed by atoms with Gasteiger partial charge in [-0.1, -0.05) is 68.4 Å². The van der Waals surface area contributed by atoms with Gasteiger partial charge < -0.3 is 12.0 Å². The molecule has 0 fully saturated rings. The maximum Gasteiger partial charge on any atom is 0.0758 e. The monoisotopic (exact) mass is 261 g/mol. The second kappa shape index (κ2) is 15.0. The Kier molecular flexibility index (Phi) is 14.1. The van der Waals surface area contributed by atoms with Gasteiger partial charge in [-0.05, 0) is 25.7 Å². The van der Waals surface area contributed by atoms with Gasteiger partial charge in [0.15, 0.2) is 0 Å². The molecule has 0 saturated carbocycles. The molecule has 0 saturated heterocycles. The standard InChI is InChI=1S/C18H29O/c1-3-5-7-9-11-13-15-17-18(19)16-14-12-10-8-6-4-2/h5,7,11-15,17-19H,2-4,6,8-10,16H2,1H3/q-1/b7-5-,13-11-,14-12-,17-15+. The lowest BCUT2D eigenvalue weighted by Crippen LogP contribution is -1.98. The molecule has 108 valence electrons. The van der Waals surface area contributed by atoms with E-state index >= 15 is 0 Å². The number of aliphatic hydroxyl groups excluding tert-OH is 1. The second-order valence-corrected chi connectivity index (χ2v) is 4.55. The summed E-state index contributed by atoms with van der Waals surface area (Å²) in [6.45, 7) is 5.94. The first-order valence-corrected chi connectivity index (χ1v) is 7.41. The quantitative estimate of drug-likeness (QED) is 0.236. The van der Waals surface area contributed by atoms with Crippen LogP contribution >= 0.6 is 0 Å². The molecule has 1 atom stereocenters. The average molecular weight is 261 g/mol. The van der Waals surface area contributed by atoms with Gasteiger partial charge in [0, 0.05) is 0 Å². The van der Waals surface area contributed by atoms with Crippen LogP contribution in [0.25, 0.3) is 0 Å². The predicted molar refractivity (Wildman–Crippen MR) is 85.9 cm³/mol. The third-order valence-corrected chi connectivity index (χ3v) is 2.67. The van der Waals surface area contributed by atoms with Crippen LogP contribution < -0.4 is 0 Å². The third-order valence-electron chi connectivity index (χ3n) is 2.67. The highest BCUT2D eigenvalue weighted by molar-refractivity contribution is 5.07. The molecule has 0 radical (unpaired) electrons. The van der Waals surface area contributed by atoms with E-state index in [1.165, 1.54) is 12.8 Å². The molecule has 1 heteroatoms. The van der Waals surface area contributed by atoms with Crippen molar-refractivity contribution in [3.63, 3.8) is 0 Å². The lowest BCUT2D eigenvalue weighted by Gasteiger charge is -1.99. The zero-order chi connectivity index (χ0) is 14.2. The van der Waals surface area contributed by atoms with Crippen molar-refractivity contribution in [3.8, 4) is 0 Å². The fourth-order valence-corrected chi connectivity index (χ4v) is 1.56. The number of hydrogen-bond acceptors (Lipinski definition) is 1. The summed E-state index contributed by atoms with van der Waals surface area (Å²) < 4.78 is 0. The van der Waals surface area contributed by atoms with Gasteiger partial charge >= 0.3 is 0 Å². The molecule has 0 aromatic rings. The highest BCUT2D eigenvalue weighted by Crippen LogP contribution is 2.02. The van der Waals surface area contributed by atoms with E-state index in [4.69, 9.17) is 0 Å². The Hall–Kier alpha value is -1.08. The van der Waals surface area contributed by atoms with E-state index in [2.05, 4.69) is 44.2 Å². The Balaban J connectivity index is 3.61. The molecule has 0 aliphatic rings. The molecule has 0 bridgehead atoms. The smallest absolute Gasteiger partial charge is 0.0758 e. The zero-order valence-corrected chi connectivity index (χ0v) is 12.3. The Labute approximate surface area is 119 Å². The van der Waals surface area contributed by atoms with Crippen molar-refractivity contribution in [2.75, 3.05) is 0 Å². The number of aliphatic hydroxyl groups is 1. The molecule has 0 amide bonds. The second-order valence-electron chi connectivity index (χ2n) is 4.55. The van der Waals surface area contributed by atoms with Gasteiger partial charge in [0.2, 0.25) is 0 Å². The van der Waals surface area contributed by atoms with Gasteiger partial charge in [0.05, 0.1) is 6.10 Å². The Morgan fingerprint density at radius 3 is 2.58 bits per heavy atom. The van der Waals surface area contributed by atoms with Crippen LogP contribution in [0.5, 0.6) is 0 Å². The topological polar surface area (TPSA) is 20.2 Å². The van der Waals surface area contributed by atoms with Crippen LogP contribution in [-0.2, 0) is 0 Å². The summed E-state index contributed by atoms with van der Waals surface area (Å²) in [6.07, 6.45) is 23.2. The summed E-state index contributed by atoms with van der Waals surface area (Å²) in [4.78, 5) is 0. The fraction of sp³-hybridized carbons (Fsp3) is 0.500. The number of allylic oxidation sites excluding steroid dienone is 6. The van der Waals surface area contributed by atoms with E-state index in [0.29, 0.717) is 6.42 Å². The molecule has 1 N–H and O–H groups in total. The largest absolute Gasteiger partial charge is 0.389 e. The van der Waals surface area contributed by atoms with Crippen LogP contribution in [0, 0.1) is 6.92 Å². The van der Waals surface area contributed by atoms with Crippen LogP contribution in [0.1, 0.15) is 51.9 Å². The summed E-state index contributed by atoms with van der Waals surface area (Å²) in [7, 11) is 0. The summed E-state index contributed by atoms with van der Waals surface area (Å²) in [5.74, 6) is 0. The van der Waals surface area contributed by atoms with Crippen molar-refractivity contribution in [1.29, 1.82) is 0 Å². The Morgan fingerprint density at radius 1 is 1.00 bits per heavy atom. The third kappa shape index (κ3) is 14.9. The van der Waals surface area contributed by atoms with Gasteiger partial charge in [-0.2, -0.15) is 6.42 Å². The summed E-state index contributed by atoms with van der Waals surface area (Å²) in [6, 6.07) is 0. The normalized spacial score (nSPS) is 14.5. The molecule has 0 aliphatic heterocycles. The molecular formula is C18H29O-. The number of unbranched alkanes of at least 4 members (excludes halogenated alkanes) is 3. The molecule has 1 unspecified atom stereocenters. The molecule has 0 aromatic carbocycles. The minimum absolute atomic E-state index is 0.375. The molecule has 1 nitrogen and oxygen atoms in total. The van der Waals surface area contributed by atoms with E-state index in [0.717, 1.165) is 25.7 Å². The first kappa shape index (κ1) is 17.9. The van der Waals surface area contributed by atoms with Crippen molar-refractivity contribution >= 4 is 0 Å². The highest BCUT2D eigenvalue weighted by Gasteiger charge is 1.92. The van der Waals surface area contributed by atoms with Crippen molar-refractivity contribution in [3.05, 3.63) is 55.5 Å². The zero-order valence-electron chi connectivity index (χ0n) is 12.3. The fourth-order valence-electron chi connectivity index (χ4n) is 1.56. The number of rotatable bonds is 11. The van der Waals surface area contributed by atoms with Crippen molar-refractivity contribution in [2.45, 2.75) is 58.0 Å². The van der Waals surface area contributed by atoms with Gasteiger partial charge in [-0.15, -0.1) is 0 Å². The highest BCUT2D eigenvalue weighted by atomic mass is 16.3. The van der Waals surface area contributed by atoms with Gasteiger partial charge in [-0.25, -0.2) is 0 Å². The maximum atomic E-state index is 9.70. The van der Waals surface area contributed by atoms with E-state index < -0.39 is 0 Å². The minimum Gasteiger partial charge on any atom is -0.389 e. The summed E-state index contributed by atoms with van der Waals surface area (Å²) >= 11 is 0. The van der Waals surface area contributed by atoms with Crippen LogP contribution in [0.2, 0.25) is 0 Å². The van der Waals surface area contributed by atoms with Crippen molar-refractivity contribution in [1.82, 2.24) is 0 Å². The van der Waals surface area contributed by atoms with Crippen molar-refractivity contribution < 1.29 is 5.11 Å². The molecule has 19 heavy (non-hydrogen) atoms. The first-order valence-electron chi connectivity index (χ1n) is 7.41. The summed E-state index contributed by atoms with van der Waals surface area (Å²) in [5.41, 5.74) is 0. The maximum absolute atomic E-state index is 9.70. The van der Waals surface area contributed by atoms with E-state index in [1.54, 1.807) is 0 Å². The average Bonchev–Trinajstić information content (AvgIpc) is 2.41. The van der Waals surface area contributed by atoms with E-state index in [-0.39, 0.29) is 6.10 Å². The lowest BCUT2D eigenvalue weighted by molar-refractivity contribution is 0.227. The lowest BCUT2D eigenvalue weighted by atomic mass is 10.1. The van der Waals surface area contributed by atoms with Crippen molar-refractivity contribution in [2.24, 2.45) is 0 Å². The van der Waals surface area contributed by atoms with Crippen LogP contribution in [0.15, 0.2) is 48.6 Å². The molecule has 0 heterocycles. The predicted octanol–water partition coefficient (Wildman–Crippen LogP) is 5.16. The van der Waals surface area contributed by atoms with Crippen LogP contribution in [0.4, 0.5) is 0 Å². The summed E-state index contributed by atoms with van der Waals surface area (Å²) in [5, 5.41) is 9.70. The Morgan fingerprint density at radius 2 is 1.84 bits per heavy atom. The Bertz CT molecular complexity index is 284. The molecule has 0 aromatic heterocycles. The SMILES string of the molecule is [CH2-]CCCC/C=C\CC(O)/C=C/C=C\C/C=C\CC. The van der Waals surface area contributed by atoms with Crippen LogP contribution in [0.3, 0.4) is 0 Å². The van der Waals surface area contributed by atoms with E-state index in [1.807, 2.05) is 18.2 Å². The van der Waals surface area contributed by atoms with Crippen LogP contribution in [-0.4, -0.2) is 11.2 Å². The minimum atomic E-state index is -0.375. The molecule has 0 spiro atoms. The van der Waals surface area contributed by atoms with Gasteiger partial charge in [0.25, 0.3) is 0 Å². The van der Waals surface area contributed by atoms with Gasteiger partial charge in [-0.3, -0.25) is 0 Å². The van der Waals surface area contributed by atoms with E-state index in [9.17, 15) is 5.11 Å². The molecule has 0 aliphatic carbocycles.